The van der Waals surface area contributed by atoms with E-state index in [2.05, 4.69) is 10.1 Å². The summed E-state index contributed by atoms with van der Waals surface area (Å²) in [5, 5.41) is 6.51. The molecule has 0 atom stereocenters. The van der Waals surface area contributed by atoms with Gasteiger partial charge in [-0.25, -0.2) is 0 Å². The number of thiophene rings is 1. The Hall–Kier alpha value is -2.38. The fourth-order valence-corrected chi connectivity index (χ4v) is 2.91. The molecule has 2 aromatic heterocycles. The highest BCUT2D eigenvalue weighted by Crippen LogP contribution is 2.21. The highest BCUT2D eigenvalue weighted by atomic mass is 35.5. The SMILES string of the molecule is CCN(Cc1nc(-c2cccs2)no1)C(=O)COc1ccc(Cl)cc1. The van der Waals surface area contributed by atoms with Gasteiger partial charge in [0.2, 0.25) is 11.7 Å². The van der Waals surface area contributed by atoms with Gasteiger partial charge in [-0.1, -0.05) is 22.8 Å². The minimum Gasteiger partial charge on any atom is -0.484 e. The second-order valence-corrected chi connectivity index (χ2v) is 6.52. The summed E-state index contributed by atoms with van der Waals surface area (Å²) in [5.41, 5.74) is 0. The molecule has 0 bridgehead atoms. The first-order chi connectivity index (χ1) is 12.2. The zero-order chi connectivity index (χ0) is 17.6. The van der Waals surface area contributed by atoms with Crippen LogP contribution in [-0.2, 0) is 11.3 Å². The first-order valence-electron chi connectivity index (χ1n) is 7.68. The highest BCUT2D eigenvalue weighted by Gasteiger charge is 2.17. The smallest absolute Gasteiger partial charge is 0.260 e. The van der Waals surface area contributed by atoms with Gasteiger partial charge in [0.25, 0.3) is 5.91 Å². The molecule has 0 aliphatic carbocycles. The van der Waals surface area contributed by atoms with E-state index in [0.717, 1.165) is 4.88 Å². The van der Waals surface area contributed by atoms with Crippen molar-refractivity contribution in [2.45, 2.75) is 13.5 Å². The molecular formula is C17H16ClN3O3S. The average Bonchev–Trinajstić information content (AvgIpc) is 3.30. The molecule has 0 spiro atoms. The molecule has 0 radical (unpaired) electrons. The van der Waals surface area contributed by atoms with Gasteiger partial charge >= 0.3 is 0 Å². The third kappa shape index (κ3) is 4.58. The van der Waals surface area contributed by atoms with Crippen molar-refractivity contribution in [3.05, 3.63) is 52.7 Å². The van der Waals surface area contributed by atoms with E-state index in [1.807, 2.05) is 24.4 Å². The molecule has 3 rings (SSSR count). The van der Waals surface area contributed by atoms with Gasteiger partial charge in [0.05, 0.1) is 4.88 Å². The van der Waals surface area contributed by atoms with Crippen molar-refractivity contribution in [1.29, 1.82) is 0 Å². The highest BCUT2D eigenvalue weighted by molar-refractivity contribution is 7.13. The molecule has 0 fully saturated rings. The lowest BCUT2D eigenvalue weighted by Crippen LogP contribution is -2.34. The van der Waals surface area contributed by atoms with Crippen LogP contribution >= 0.6 is 22.9 Å². The molecule has 6 nitrogen and oxygen atoms in total. The van der Waals surface area contributed by atoms with E-state index in [4.69, 9.17) is 20.9 Å². The van der Waals surface area contributed by atoms with E-state index in [1.165, 1.54) is 11.3 Å². The summed E-state index contributed by atoms with van der Waals surface area (Å²) in [5.74, 6) is 1.36. The Bertz CT molecular complexity index is 818. The number of carbonyl (C=O) groups is 1. The number of rotatable bonds is 7. The fourth-order valence-electron chi connectivity index (χ4n) is 2.13. The quantitative estimate of drug-likeness (QED) is 0.625. The van der Waals surface area contributed by atoms with Gasteiger partial charge in [-0.15, -0.1) is 11.3 Å². The standard InChI is InChI=1S/C17H16ClN3O3S/c1-2-21(16(22)11-23-13-7-5-12(18)6-8-13)10-15-19-17(20-24-15)14-4-3-9-25-14/h3-9H,2,10-11H2,1H3. The Kier molecular flexibility index (Phi) is 5.67. The van der Waals surface area contributed by atoms with Crippen LogP contribution in [0.4, 0.5) is 0 Å². The molecule has 130 valence electrons. The lowest BCUT2D eigenvalue weighted by Gasteiger charge is -2.18. The second kappa shape index (κ2) is 8.13. The van der Waals surface area contributed by atoms with E-state index >= 15 is 0 Å². The number of nitrogens with zero attached hydrogens (tertiary/aromatic N) is 3. The Morgan fingerprint density at radius 1 is 1.32 bits per heavy atom. The number of hydrogen-bond donors (Lipinski definition) is 0. The largest absolute Gasteiger partial charge is 0.484 e. The van der Waals surface area contributed by atoms with E-state index < -0.39 is 0 Å². The number of amides is 1. The summed E-state index contributed by atoms with van der Waals surface area (Å²) in [6.07, 6.45) is 0. The fraction of sp³-hybridized carbons (Fsp3) is 0.235. The molecule has 0 N–H and O–H groups in total. The van der Waals surface area contributed by atoms with E-state index in [1.54, 1.807) is 29.2 Å². The maximum Gasteiger partial charge on any atom is 0.260 e. The molecule has 2 heterocycles. The van der Waals surface area contributed by atoms with Crippen LogP contribution < -0.4 is 4.74 Å². The summed E-state index contributed by atoms with van der Waals surface area (Å²) in [4.78, 5) is 19.2. The zero-order valence-electron chi connectivity index (χ0n) is 13.5. The average molecular weight is 378 g/mol. The second-order valence-electron chi connectivity index (χ2n) is 5.14. The van der Waals surface area contributed by atoms with Crippen molar-refractivity contribution in [1.82, 2.24) is 15.0 Å². The van der Waals surface area contributed by atoms with Gasteiger partial charge in [0, 0.05) is 11.6 Å². The van der Waals surface area contributed by atoms with Crippen molar-refractivity contribution in [3.8, 4) is 16.5 Å². The maximum absolute atomic E-state index is 12.3. The van der Waals surface area contributed by atoms with Crippen molar-refractivity contribution < 1.29 is 14.1 Å². The van der Waals surface area contributed by atoms with Gasteiger partial charge in [-0.3, -0.25) is 4.79 Å². The lowest BCUT2D eigenvalue weighted by atomic mass is 10.3. The Morgan fingerprint density at radius 2 is 2.12 bits per heavy atom. The van der Waals surface area contributed by atoms with Crippen molar-refractivity contribution >= 4 is 28.8 Å². The Labute approximate surface area is 154 Å². The van der Waals surface area contributed by atoms with E-state index in [-0.39, 0.29) is 19.1 Å². The molecule has 0 saturated heterocycles. The van der Waals surface area contributed by atoms with Crippen LogP contribution in [-0.4, -0.2) is 34.1 Å². The first-order valence-corrected chi connectivity index (χ1v) is 8.94. The molecule has 0 unspecified atom stereocenters. The number of halogens is 1. The molecular weight excluding hydrogens is 362 g/mol. The summed E-state index contributed by atoms with van der Waals surface area (Å²) in [6.45, 7) is 2.58. The number of likely N-dealkylation sites (N-methyl/N-ethyl adjacent to an activating group) is 1. The predicted octanol–water partition coefficient (Wildman–Crippen LogP) is 3.88. The number of hydrogen-bond acceptors (Lipinski definition) is 6. The number of benzene rings is 1. The van der Waals surface area contributed by atoms with Crippen molar-refractivity contribution in [2.24, 2.45) is 0 Å². The van der Waals surface area contributed by atoms with Crippen LogP contribution in [0.15, 0.2) is 46.3 Å². The summed E-state index contributed by atoms with van der Waals surface area (Å²) in [6, 6.07) is 10.7. The topological polar surface area (TPSA) is 68.5 Å². The molecule has 1 amide bonds. The first kappa shape index (κ1) is 17.4. The zero-order valence-corrected chi connectivity index (χ0v) is 15.1. The lowest BCUT2D eigenvalue weighted by molar-refractivity contribution is -0.134. The van der Waals surface area contributed by atoms with Gasteiger partial charge in [-0.05, 0) is 42.6 Å². The van der Waals surface area contributed by atoms with Crippen LogP contribution in [0.3, 0.4) is 0 Å². The van der Waals surface area contributed by atoms with Gasteiger partial charge in [0.1, 0.15) is 12.3 Å². The minimum absolute atomic E-state index is 0.0681. The summed E-state index contributed by atoms with van der Waals surface area (Å²) < 4.78 is 10.7. The number of aromatic nitrogens is 2. The number of carbonyl (C=O) groups excluding carboxylic acids is 1. The monoisotopic (exact) mass is 377 g/mol. The maximum atomic E-state index is 12.3. The van der Waals surface area contributed by atoms with Crippen LogP contribution in [0.25, 0.3) is 10.7 Å². The number of ether oxygens (including phenoxy) is 1. The van der Waals surface area contributed by atoms with Crippen molar-refractivity contribution in [2.75, 3.05) is 13.2 Å². The normalized spacial score (nSPS) is 10.6. The third-order valence-corrected chi connectivity index (χ3v) is 4.56. The molecule has 0 saturated carbocycles. The van der Waals surface area contributed by atoms with Crippen molar-refractivity contribution in [3.63, 3.8) is 0 Å². The Morgan fingerprint density at radius 3 is 2.80 bits per heavy atom. The third-order valence-electron chi connectivity index (χ3n) is 3.45. The molecule has 0 aliphatic rings. The summed E-state index contributed by atoms with van der Waals surface area (Å²) in [7, 11) is 0. The Balaban J connectivity index is 1.58. The molecule has 25 heavy (non-hydrogen) atoms. The van der Waals surface area contributed by atoms with Crippen LogP contribution in [0.2, 0.25) is 5.02 Å². The van der Waals surface area contributed by atoms with Gasteiger partial charge < -0.3 is 14.2 Å². The van der Waals surface area contributed by atoms with E-state index in [9.17, 15) is 4.79 Å². The molecule has 8 heteroatoms. The van der Waals surface area contributed by atoms with Gasteiger partial charge in [-0.2, -0.15) is 4.98 Å². The summed E-state index contributed by atoms with van der Waals surface area (Å²) >= 11 is 7.36. The predicted molar refractivity (Wildman–Crippen MR) is 95.6 cm³/mol. The molecule has 0 aliphatic heterocycles. The van der Waals surface area contributed by atoms with E-state index in [0.29, 0.717) is 29.0 Å². The molecule has 1 aromatic carbocycles. The van der Waals surface area contributed by atoms with Crippen LogP contribution in [0.5, 0.6) is 5.75 Å². The minimum atomic E-state index is -0.159. The van der Waals surface area contributed by atoms with Gasteiger partial charge in [0.15, 0.2) is 6.61 Å². The molecule has 3 aromatic rings. The van der Waals surface area contributed by atoms with Crippen LogP contribution in [0, 0.1) is 0 Å². The van der Waals surface area contributed by atoms with Crippen LogP contribution in [0.1, 0.15) is 12.8 Å².